The summed E-state index contributed by atoms with van der Waals surface area (Å²) in [6.45, 7) is 4.81. The second-order valence-electron chi connectivity index (χ2n) is 10.7. The normalized spacial score (nSPS) is 16.2. The van der Waals surface area contributed by atoms with E-state index in [9.17, 15) is 9.59 Å². The summed E-state index contributed by atoms with van der Waals surface area (Å²) in [5.74, 6) is 0.327. The van der Waals surface area contributed by atoms with Crippen LogP contribution in [-0.4, -0.2) is 55.6 Å². The highest BCUT2D eigenvalue weighted by Crippen LogP contribution is 2.48. The number of anilines is 1. The number of halogens is 1. The van der Waals surface area contributed by atoms with Crippen molar-refractivity contribution < 1.29 is 13.9 Å². The number of hydrogen-bond acceptors (Lipinski definition) is 5. The zero-order valence-electron chi connectivity index (χ0n) is 21.9. The van der Waals surface area contributed by atoms with Gasteiger partial charge in [-0.3, -0.25) is 9.59 Å². The van der Waals surface area contributed by atoms with Gasteiger partial charge in [-0.2, -0.15) is 0 Å². The summed E-state index contributed by atoms with van der Waals surface area (Å²) in [7, 11) is 3.93. The van der Waals surface area contributed by atoms with Crippen molar-refractivity contribution in [1.29, 1.82) is 0 Å². The first-order chi connectivity index (χ1) is 18.3. The predicted octanol–water partition coefficient (Wildman–Crippen LogP) is 4.92. The van der Waals surface area contributed by atoms with Gasteiger partial charge >= 0.3 is 0 Å². The number of nitrogens with zero attached hydrogens (tertiary/aromatic N) is 3. The minimum absolute atomic E-state index is 0.0174. The molecule has 3 heterocycles. The fourth-order valence-corrected chi connectivity index (χ4v) is 5.58. The van der Waals surface area contributed by atoms with Crippen LogP contribution in [0.1, 0.15) is 30.1 Å². The van der Waals surface area contributed by atoms with Crippen LogP contribution in [0.15, 0.2) is 53.5 Å². The topological polar surface area (TPSA) is 66.8 Å². The molecule has 4 aromatic rings. The number of aromatic nitrogens is 1. The maximum atomic E-state index is 15.8. The average molecular weight is 515 g/mol. The van der Waals surface area contributed by atoms with E-state index < -0.39 is 17.2 Å². The molecule has 2 aliphatic rings. The molecule has 0 radical (unpaired) electrons. The molecule has 0 spiro atoms. The molecule has 1 atom stereocenters. The molecule has 1 amide bonds. The second-order valence-corrected chi connectivity index (χ2v) is 10.7. The molecule has 196 valence electrons. The quantitative estimate of drug-likeness (QED) is 0.326. The molecule has 0 saturated carbocycles. The Morgan fingerprint density at radius 3 is 2.66 bits per heavy atom. The number of rotatable bonds is 6. The number of amides is 1. The van der Waals surface area contributed by atoms with Crippen LogP contribution in [0.5, 0.6) is 11.5 Å². The fraction of sp³-hybridized carbons (Fsp3) is 0.333. The van der Waals surface area contributed by atoms with Crippen molar-refractivity contribution in [3.05, 3.63) is 70.3 Å². The van der Waals surface area contributed by atoms with Gasteiger partial charge in [-0.1, -0.05) is 31.2 Å². The first-order valence-electron chi connectivity index (χ1n) is 13.1. The number of fused-ring (bicyclic) bond motifs is 3. The van der Waals surface area contributed by atoms with Crippen molar-refractivity contribution in [1.82, 2.24) is 14.8 Å². The van der Waals surface area contributed by atoms with Crippen molar-refractivity contribution in [2.45, 2.75) is 19.8 Å². The molecule has 2 aliphatic heterocycles. The fourth-order valence-electron chi connectivity index (χ4n) is 5.58. The molecule has 0 aliphatic carbocycles. The third-order valence-electron chi connectivity index (χ3n) is 7.52. The molecule has 38 heavy (non-hydrogen) atoms. The number of carbonyl (C=O) groups excluding carboxylic acids is 1. The van der Waals surface area contributed by atoms with Crippen LogP contribution in [0.3, 0.4) is 0 Å². The third kappa shape index (κ3) is 4.09. The largest absolute Gasteiger partial charge is 0.451 e. The van der Waals surface area contributed by atoms with E-state index >= 15 is 4.39 Å². The highest BCUT2D eigenvalue weighted by molar-refractivity contribution is 6.02. The Morgan fingerprint density at radius 1 is 1.18 bits per heavy atom. The number of hydrogen-bond donors (Lipinski definition) is 1. The third-order valence-corrected chi connectivity index (χ3v) is 7.52. The van der Waals surface area contributed by atoms with Gasteiger partial charge in [-0.25, -0.2) is 4.39 Å². The molecule has 8 heteroatoms. The van der Waals surface area contributed by atoms with Crippen LogP contribution in [0.2, 0.25) is 0 Å². The van der Waals surface area contributed by atoms with Crippen molar-refractivity contribution in [2.24, 2.45) is 5.92 Å². The lowest BCUT2D eigenvalue weighted by Gasteiger charge is -2.29. The minimum atomic E-state index is -0.516. The van der Waals surface area contributed by atoms with Gasteiger partial charge in [-0.15, -0.1) is 0 Å². The SMILES string of the molecule is CC1CCN(c2c(F)cc3c(=O)c(C(=O)NCCCN(C)C)cn4c3c2Oc2cc3ccccc3cc2-4)C1. The summed E-state index contributed by atoms with van der Waals surface area (Å²) in [5.41, 5.74) is 1.04. The summed E-state index contributed by atoms with van der Waals surface area (Å²) in [6.07, 6.45) is 3.29. The lowest BCUT2D eigenvalue weighted by molar-refractivity contribution is 0.0951. The van der Waals surface area contributed by atoms with Crippen molar-refractivity contribution in [3.8, 4) is 17.2 Å². The van der Waals surface area contributed by atoms with Gasteiger partial charge < -0.3 is 24.4 Å². The lowest BCUT2D eigenvalue weighted by atomic mass is 10.0. The maximum absolute atomic E-state index is 15.8. The average Bonchev–Trinajstić information content (AvgIpc) is 3.32. The van der Waals surface area contributed by atoms with E-state index in [1.807, 2.05) is 64.9 Å². The minimum Gasteiger partial charge on any atom is -0.451 e. The maximum Gasteiger partial charge on any atom is 0.256 e. The van der Waals surface area contributed by atoms with Gasteiger partial charge in [0.1, 0.15) is 16.8 Å². The highest BCUT2D eigenvalue weighted by Gasteiger charge is 2.32. The lowest BCUT2D eigenvalue weighted by Crippen LogP contribution is -2.32. The molecule has 1 aromatic heterocycles. The van der Waals surface area contributed by atoms with Gasteiger partial charge in [0, 0.05) is 25.8 Å². The molecule has 1 unspecified atom stereocenters. The smallest absolute Gasteiger partial charge is 0.256 e. The first-order valence-corrected chi connectivity index (χ1v) is 13.1. The van der Waals surface area contributed by atoms with Crippen LogP contribution >= 0.6 is 0 Å². The monoisotopic (exact) mass is 514 g/mol. The summed E-state index contributed by atoms with van der Waals surface area (Å²) >= 11 is 0. The van der Waals surface area contributed by atoms with Crippen LogP contribution in [0.25, 0.3) is 27.4 Å². The number of carbonyl (C=O) groups is 1. The Morgan fingerprint density at radius 2 is 1.95 bits per heavy atom. The van der Waals surface area contributed by atoms with E-state index in [2.05, 4.69) is 12.2 Å². The van der Waals surface area contributed by atoms with E-state index in [1.165, 1.54) is 6.07 Å². The Kier molecular flexibility index (Phi) is 6.07. The summed E-state index contributed by atoms with van der Waals surface area (Å²) in [4.78, 5) is 30.8. The summed E-state index contributed by atoms with van der Waals surface area (Å²) in [6, 6.07) is 13.1. The molecule has 1 fully saturated rings. The highest BCUT2D eigenvalue weighted by atomic mass is 19.1. The second kappa shape index (κ2) is 9.44. The van der Waals surface area contributed by atoms with E-state index in [0.29, 0.717) is 53.9 Å². The van der Waals surface area contributed by atoms with E-state index in [-0.39, 0.29) is 10.9 Å². The van der Waals surface area contributed by atoms with E-state index in [0.717, 1.165) is 30.2 Å². The van der Waals surface area contributed by atoms with Crippen molar-refractivity contribution in [3.63, 3.8) is 0 Å². The molecule has 7 nitrogen and oxygen atoms in total. The van der Waals surface area contributed by atoms with Gasteiger partial charge in [0.15, 0.2) is 17.3 Å². The van der Waals surface area contributed by atoms with Crippen molar-refractivity contribution in [2.75, 3.05) is 45.2 Å². The molecule has 1 N–H and O–H groups in total. The van der Waals surface area contributed by atoms with Crippen LogP contribution in [-0.2, 0) is 0 Å². The van der Waals surface area contributed by atoms with Gasteiger partial charge in [-0.05, 0) is 68.4 Å². The molecule has 3 aromatic carbocycles. The Bertz CT molecular complexity index is 1640. The van der Waals surface area contributed by atoms with Gasteiger partial charge in [0.05, 0.1) is 11.1 Å². The number of ether oxygens (including phenoxy) is 1. The number of pyridine rings is 1. The van der Waals surface area contributed by atoms with Crippen LogP contribution < -0.4 is 20.4 Å². The van der Waals surface area contributed by atoms with Gasteiger partial charge in [0.25, 0.3) is 5.91 Å². The molecular formula is C30H31FN4O3. The van der Waals surface area contributed by atoms with Crippen LogP contribution in [0.4, 0.5) is 10.1 Å². The van der Waals surface area contributed by atoms with Crippen LogP contribution in [0, 0.1) is 11.7 Å². The molecule has 1 saturated heterocycles. The Labute approximate surface area is 220 Å². The van der Waals surface area contributed by atoms with Gasteiger partial charge in [0.2, 0.25) is 5.43 Å². The zero-order chi connectivity index (χ0) is 26.6. The summed E-state index contributed by atoms with van der Waals surface area (Å²) < 4.78 is 24.0. The van der Waals surface area contributed by atoms with E-state index in [1.54, 1.807) is 6.20 Å². The molecule has 0 bridgehead atoms. The molecule has 6 rings (SSSR count). The Balaban J connectivity index is 1.56. The summed E-state index contributed by atoms with van der Waals surface area (Å²) in [5, 5.41) is 4.97. The first kappa shape index (κ1) is 24.4. The Hall–Kier alpha value is -3.91. The predicted molar refractivity (Wildman–Crippen MR) is 149 cm³/mol. The zero-order valence-corrected chi connectivity index (χ0v) is 21.9. The van der Waals surface area contributed by atoms with E-state index in [4.69, 9.17) is 4.74 Å². The van der Waals surface area contributed by atoms with Crippen molar-refractivity contribution >= 4 is 33.3 Å². The standard InChI is InChI=1S/C30H31FN4O3/c1-18-9-12-34(16-18)27-23(31)15-21-26-29(27)38-25-14-20-8-5-4-7-19(20)13-24(25)35(26)17-22(28(21)36)30(37)32-10-6-11-33(2)3/h4-5,7-8,13-15,17-18H,6,9-12,16H2,1-3H3,(H,32,37). The molecular weight excluding hydrogens is 483 g/mol. The number of nitrogens with one attached hydrogen (secondary N) is 1. The number of benzene rings is 3.